The van der Waals surface area contributed by atoms with E-state index in [4.69, 9.17) is 0 Å². The van der Waals surface area contributed by atoms with Crippen molar-refractivity contribution in [2.45, 2.75) is 33.1 Å². The third kappa shape index (κ3) is 2.86. The topological polar surface area (TPSA) is 6.48 Å². The van der Waals surface area contributed by atoms with Crippen LogP contribution in [0.1, 0.15) is 37.3 Å². The molecule has 0 N–H and O–H groups in total. The number of likely N-dealkylation sites (N-methyl/N-ethyl adjacent to an activating group) is 1. The first kappa shape index (κ1) is 13.4. The number of hydrogen-bond donors (Lipinski definition) is 0. The molecule has 1 heterocycles. The average Bonchev–Trinajstić information content (AvgIpc) is 2.39. The van der Waals surface area contributed by atoms with Gasteiger partial charge in [0, 0.05) is 31.9 Å². The number of rotatable bonds is 3. The Hall–Kier alpha value is -1.02. The van der Waals surface area contributed by atoms with Gasteiger partial charge in [0.05, 0.1) is 0 Å². The summed E-state index contributed by atoms with van der Waals surface area (Å²) >= 11 is 0. The van der Waals surface area contributed by atoms with E-state index in [-0.39, 0.29) is 0 Å². The van der Waals surface area contributed by atoms with Crippen molar-refractivity contribution in [2.24, 2.45) is 0 Å². The normalized spacial score (nSPS) is 19.0. The van der Waals surface area contributed by atoms with Crippen molar-refractivity contribution in [2.75, 3.05) is 38.1 Å². The van der Waals surface area contributed by atoms with Gasteiger partial charge in [-0.15, -0.1) is 0 Å². The lowest BCUT2D eigenvalue weighted by atomic mass is 9.93. The molecule has 1 fully saturated rings. The van der Waals surface area contributed by atoms with Gasteiger partial charge in [0.1, 0.15) is 0 Å². The van der Waals surface area contributed by atoms with Gasteiger partial charge in [-0.2, -0.15) is 0 Å². The number of anilines is 1. The fourth-order valence-corrected chi connectivity index (χ4v) is 2.64. The first-order valence-corrected chi connectivity index (χ1v) is 7.16. The smallest absolute Gasteiger partial charge is 0.0370 e. The van der Waals surface area contributed by atoms with Gasteiger partial charge in [-0.25, -0.2) is 0 Å². The monoisotopic (exact) mass is 246 g/mol. The molecule has 0 aromatic heterocycles. The predicted octanol–water partition coefficient (Wildman–Crippen LogP) is 3.26. The molecule has 2 heteroatoms. The summed E-state index contributed by atoms with van der Waals surface area (Å²) in [7, 11) is 2.21. The summed E-state index contributed by atoms with van der Waals surface area (Å²) in [6.45, 7) is 11.5. The molecule has 0 aliphatic carbocycles. The van der Waals surface area contributed by atoms with Crippen molar-refractivity contribution in [3.05, 3.63) is 29.3 Å². The summed E-state index contributed by atoms with van der Waals surface area (Å²) in [6.07, 6.45) is 1.22. The van der Waals surface area contributed by atoms with Gasteiger partial charge in [-0.05, 0) is 49.6 Å². The van der Waals surface area contributed by atoms with E-state index in [9.17, 15) is 0 Å². The fourth-order valence-electron chi connectivity index (χ4n) is 2.64. The minimum Gasteiger partial charge on any atom is -0.369 e. The van der Waals surface area contributed by atoms with Gasteiger partial charge in [-0.3, -0.25) is 0 Å². The highest BCUT2D eigenvalue weighted by molar-refractivity contribution is 5.52. The molecule has 100 valence electrons. The molecule has 0 amide bonds. The predicted molar refractivity (Wildman–Crippen MR) is 79.6 cm³/mol. The van der Waals surface area contributed by atoms with E-state index >= 15 is 0 Å². The van der Waals surface area contributed by atoms with Crippen molar-refractivity contribution in [1.29, 1.82) is 0 Å². The molecule has 1 aromatic rings. The summed E-state index contributed by atoms with van der Waals surface area (Å²) in [5.74, 6) is 0.664. The van der Waals surface area contributed by atoms with Gasteiger partial charge < -0.3 is 9.80 Å². The Kier molecular flexibility index (Phi) is 4.28. The molecule has 1 aliphatic rings. The lowest BCUT2D eigenvalue weighted by Gasteiger charge is -2.34. The second-order valence-corrected chi connectivity index (χ2v) is 5.64. The molecule has 0 saturated carbocycles. The molecule has 0 radical (unpaired) electrons. The van der Waals surface area contributed by atoms with Crippen LogP contribution >= 0.6 is 0 Å². The Morgan fingerprint density at radius 2 is 1.83 bits per heavy atom. The van der Waals surface area contributed by atoms with Gasteiger partial charge >= 0.3 is 0 Å². The number of aryl methyl sites for hydroxylation is 1. The van der Waals surface area contributed by atoms with E-state index in [0.717, 1.165) is 13.1 Å². The van der Waals surface area contributed by atoms with Crippen LogP contribution in [-0.4, -0.2) is 38.1 Å². The van der Waals surface area contributed by atoms with Gasteiger partial charge in [0.2, 0.25) is 0 Å². The molecule has 2 rings (SSSR count). The first-order valence-electron chi connectivity index (χ1n) is 7.16. The molecule has 0 spiro atoms. The van der Waals surface area contributed by atoms with Crippen molar-refractivity contribution in [3.8, 4) is 0 Å². The largest absolute Gasteiger partial charge is 0.369 e. The summed E-state index contributed by atoms with van der Waals surface area (Å²) in [4.78, 5) is 4.92. The van der Waals surface area contributed by atoms with Crippen LogP contribution in [0.15, 0.2) is 18.2 Å². The van der Waals surface area contributed by atoms with E-state index in [1.807, 2.05) is 0 Å². The molecule has 2 nitrogen and oxygen atoms in total. The SMILES string of the molecule is CCC(C)c1cc(N2CCN(C)CC2)ccc1C. The molecule has 0 bridgehead atoms. The van der Waals surface area contributed by atoms with E-state index in [0.29, 0.717) is 5.92 Å². The molecular formula is C16H26N2. The minimum atomic E-state index is 0.664. The highest BCUT2D eigenvalue weighted by Gasteiger charge is 2.16. The fraction of sp³-hybridized carbons (Fsp3) is 0.625. The van der Waals surface area contributed by atoms with Crippen LogP contribution in [0.2, 0.25) is 0 Å². The van der Waals surface area contributed by atoms with E-state index in [1.165, 1.54) is 36.3 Å². The highest BCUT2D eigenvalue weighted by Crippen LogP contribution is 2.27. The lowest BCUT2D eigenvalue weighted by molar-refractivity contribution is 0.313. The Bertz CT molecular complexity index is 392. The van der Waals surface area contributed by atoms with E-state index < -0.39 is 0 Å². The Labute approximate surface area is 112 Å². The maximum atomic E-state index is 2.52. The second-order valence-electron chi connectivity index (χ2n) is 5.64. The van der Waals surface area contributed by atoms with Gasteiger partial charge in [0.15, 0.2) is 0 Å². The van der Waals surface area contributed by atoms with Crippen LogP contribution in [0.3, 0.4) is 0 Å². The Morgan fingerprint density at radius 3 is 2.44 bits per heavy atom. The maximum absolute atomic E-state index is 2.52. The summed E-state index contributed by atoms with van der Waals surface area (Å²) in [6, 6.07) is 6.98. The highest BCUT2D eigenvalue weighted by atomic mass is 15.2. The Morgan fingerprint density at radius 1 is 1.17 bits per heavy atom. The number of nitrogens with zero attached hydrogens (tertiary/aromatic N) is 2. The van der Waals surface area contributed by atoms with Gasteiger partial charge in [0.25, 0.3) is 0 Å². The zero-order valence-electron chi connectivity index (χ0n) is 12.2. The van der Waals surface area contributed by atoms with E-state index in [1.54, 1.807) is 0 Å². The van der Waals surface area contributed by atoms with Crippen LogP contribution < -0.4 is 4.90 Å². The number of piperazine rings is 1. The molecule has 1 aliphatic heterocycles. The second kappa shape index (κ2) is 5.75. The van der Waals surface area contributed by atoms with Crippen molar-refractivity contribution in [3.63, 3.8) is 0 Å². The molecule has 1 saturated heterocycles. The van der Waals surface area contributed by atoms with Gasteiger partial charge in [-0.1, -0.05) is 19.9 Å². The molecule has 1 aromatic carbocycles. The molecule has 1 atom stereocenters. The summed E-state index contributed by atoms with van der Waals surface area (Å²) in [5.41, 5.74) is 4.36. The Balaban J connectivity index is 2.19. The third-order valence-electron chi connectivity index (χ3n) is 4.27. The van der Waals surface area contributed by atoms with Crippen LogP contribution in [-0.2, 0) is 0 Å². The lowest BCUT2D eigenvalue weighted by Crippen LogP contribution is -2.44. The van der Waals surface area contributed by atoms with E-state index in [2.05, 4.69) is 55.8 Å². The minimum absolute atomic E-state index is 0.664. The maximum Gasteiger partial charge on any atom is 0.0370 e. The van der Waals surface area contributed by atoms with Crippen molar-refractivity contribution < 1.29 is 0 Å². The first-order chi connectivity index (χ1) is 8.61. The van der Waals surface area contributed by atoms with Crippen LogP contribution in [0.4, 0.5) is 5.69 Å². The summed E-state index contributed by atoms with van der Waals surface area (Å²) < 4.78 is 0. The molecular weight excluding hydrogens is 220 g/mol. The standard InChI is InChI=1S/C16H26N2/c1-5-13(2)16-12-15(7-6-14(16)3)18-10-8-17(4)9-11-18/h6-7,12-13H,5,8-11H2,1-4H3. The third-order valence-corrected chi connectivity index (χ3v) is 4.27. The molecule has 18 heavy (non-hydrogen) atoms. The van der Waals surface area contributed by atoms with Crippen molar-refractivity contribution >= 4 is 5.69 Å². The quantitative estimate of drug-likeness (QED) is 0.807. The van der Waals surface area contributed by atoms with Crippen LogP contribution in [0.5, 0.6) is 0 Å². The average molecular weight is 246 g/mol. The number of benzene rings is 1. The zero-order chi connectivity index (χ0) is 13.1. The summed E-state index contributed by atoms with van der Waals surface area (Å²) in [5, 5.41) is 0. The van der Waals surface area contributed by atoms with Crippen LogP contribution in [0.25, 0.3) is 0 Å². The van der Waals surface area contributed by atoms with Crippen LogP contribution in [0, 0.1) is 6.92 Å². The molecule has 1 unspecified atom stereocenters. The number of hydrogen-bond acceptors (Lipinski definition) is 2. The van der Waals surface area contributed by atoms with Crippen molar-refractivity contribution in [1.82, 2.24) is 4.90 Å². The zero-order valence-corrected chi connectivity index (χ0v) is 12.2.